The molecule has 0 unspecified atom stereocenters. The van der Waals surface area contributed by atoms with E-state index >= 15 is 0 Å². The van der Waals surface area contributed by atoms with E-state index in [-0.39, 0.29) is 11.7 Å². The third-order valence-corrected chi connectivity index (χ3v) is 2.86. The van der Waals surface area contributed by atoms with Crippen LogP contribution in [-0.4, -0.2) is 18.2 Å². The van der Waals surface area contributed by atoms with Crippen LogP contribution in [0.1, 0.15) is 22.8 Å². The Morgan fingerprint density at radius 1 is 1.05 bits per heavy atom. The molecule has 1 N–H and O–H groups in total. The number of carbonyl (C=O) groups excluding carboxylic acids is 1. The summed E-state index contributed by atoms with van der Waals surface area (Å²) in [5.41, 5.74) is 4.18. The SMILES string of the molecule is C/C(=N\NC(=O)c1ccccc1)c1ccc(OC(F)F)cc1. The van der Waals surface area contributed by atoms with Crippen LogP contribution in [0.15, 0.2) is 59.7 Å². The van der Waals surface area contributed by atoms with Gasteiger partial charge >= 0.3 is 6.61 Å². The van der Waals surface area contributed by atoms with Crippen molar-refractivity contribution < 1.29 is 18.3 Å². The van der Waals surface area contributed by atoms with Gasteiger partial charge in [0.1, 0.15) is 5.75 Å². The van der Waals surface area contributed by atoms with Crippen molar-refractivity contribution in [3.63, 3.8) is 0 Å². The van der Waals surface area contributed by atoms with Crippen LogP contribution < -0.4 is 10.2 Å². The van der Waals surface area contributed by atoms with Crippen LogP contribution in [0, 0.1) is 0 Å². The first-order chi connectivity index (χ1) is 10.6. The fraction of sp³-hybridized carbons (Fsp3) is 0.125. The highest BCUT2D eigenvalue weighted by molar-refractivity contribution is 6.00. The van der Waals surface area contributed by atoms with Crippen molar-refractivity contribution in [3.05, 3.63) is 65.7 Å². The topological polar surface area (TPSA) is 50.7 Å². The van der Waals surface area contributed by atoms with Crippen LogP contribution in [0.3, 0.4) is 0 Å². The lowest BCUT2D eigenvalue weighted by Crippen LogP contribution is -2.19. The fourth-order valence-electron chi connectivity index (χ4n) is 1.73. The summed E-state index contributed by atoms with van der Waals surface area (Å²) in [5.74, 6) is -0.252. The molecule has 6 heteroatoms. The van der Waals surface area contributed by atoms with Gasteiger partial charge < -0.3 is 4.74 Å². The van der Waals surface area contributed by atoms with Gasteiger partial charge in [-0.3, -0.25) is 4.79 Å². The molecule has 0 aromatic heterocycles. The summed E-state index contributed by atoms with van der Waals surface area (Å²) in [5, 5.41) is 3.99. The number of nitrogens with one attached hydrogen (secondary N) is 1. The standard InChI is InChI=1S/C16H14F2N2O2/c1-11(12-7-9-14(10-8-12)22-16(17)18)19-20-15(21)13-5-3-2-4-6-13/h2-10,16H,1H3,(H,20,21)/b19-11+. The zero-order chi connectivity index (χ0) is 15.9. The lowest BCUT2D eigenvalue weighted by Gasteiger charge is -2.06. The van der Waals surface area contributed by atoms with Gasteiger partial charge in [-0.1, -0.05) is 18.2 Å². The maximum atomic E-state index is 12.1. The van der Waals surface area contributed by atoms with Gasteiger partial charge in [-0.05, 0) is 48.9 Å². The summed E-state index contributed by atoms with van der Waals surface area (Å²) < 4.78 is 28.4. The van der Waals surface area contributed by atoms with Gasteiger partial charge in [0.15, 0.2) is 0 Å². The second kappa shape index (κ2) is 7.31. The first kappa shape index (κ1) is 15.6. The molecule has 0 fully saturated rings. The van der Waals surface area contributed by atoms with Crippen molar-refractivity contribution in [2.24, 2.45) is 5.10 Å². The lowest BCUT2D eigenvalue weighted by molar-refractivity contribution is -0.0498. The van der Waals surface area contributed by atoms with Gasteiger partial charge in [0, 0.05) is 5.56 Å². The van der Waals surface area contributed by atoms with Crippen molar-refractivity contribution in [1.82, 2.24) is 5.43 Å². The largest absolute Gasteiger partial charge is 0.435 e. The van der Waals surface area contributed by atoms with Gasteiger partial charge in [0.2, 0.25) is 0 Å². The normalized spacial score (nSPS) is 11.4. The average molecular weight is 304 g/mol. The molecule has 114 valence electrons. The number of nitrogens with zero attached hydrogens (tertiary/aromatic N) is 1. The van der Waals surface area contributed by atoms with Crippen molar-refractivity contribution in [3.8, 4) is 5.75 Å². The molecule has 2 rings (SSSR count). The summed E-state index contributed by atoms with van der Waals surface area (Å²) in [6.45, 7) is -1.15. The van der Waals surface area contributed by atoms with Crippen LogP contribution >= 0.6 is 0 Å². The first-order valence-electron chi connectivity index (χ1n) is 6.51. The summed E-state index contributed by atoms with van der Waals surface area (Å²) in [6, 6.07) is 14.7. The number of halogens is 2. The van der Waals surface area contributed by atoms with Crippen molar-refractivity contribution in [2.75, 3.05) is 0 Å². The van der Waals surface area contributed by atoms with Crippen LogP contribution in [0.2, 0.25) is 0 Å². The smallest absolute Gasteiger partial charge is 0.387 e. The van der Waals surface area contributed by atoms with Gasteiger partial charge in [-0.15, -0.1) is 0 Å². The van der Waals surface area contributed by atoms with E-state index in [9.17, 15) is 13.6 Å². The minimum atomic E-state index is -2.86. The molecule has 0 radical (unpaired) electrons. The third kappa shape index (κ3) is 4.37. The number of hydrogen-bond acceptors (Lipinski definition) is 3. The van der Waals surface area contributed by atoms with Gasteiger partial charge in [0.05, 0.1) is 5.71 Å². The van der Waals surface area contributed by atoms with E-state index in [1.807, 2.05) is 6.07 Å². The Hall–Kier alpha value is -2.76. The molecule has 1 amide bonds. The highest BCUT2D eigenvalue weighted by atomic mass is 19.3. The zero-order valence-corrected chi connectivity index (χ0v) is 11.8. The number of hydrazone groups is 1. The molecule has 22 heavy (non-hydrogen) atoms. The predicted octanol–water partition coefficient (Wildman–Crippen LogP) is 3.44. The second-order valence-corrected chi connectivity index (χ2v) is 4.41. The Bertz CT molecular complexity index is 656. The molecule has 2 aromatic carbocycles. The molecule has 0 saturated heterocycles. The highest BCUT2D eigenvalue weighted by Gasteiger charge is 2.06. The summed E-state index contributed by atoms with van der Waals surface area (Å²) >= 11 is 0. The Labute approximate surface area is 126 Å². The maximum absolute atomic E-state index is 12.1. The van der Waals surface area contributed by atoms with Crippen LogP contribution in [0.5, 0.6) is 5.75 Å². The molecule has 0 atom stereocenters. The molecule has 0 aliphatic carbocycles. The Morgan fingerprint density at radius 2 is 1.68 bits per heavy atom. The number of ether oxygens (including phenoxy) is 1. The van der Waals surface area contributed by atoms with E-state index in [1.54, 1.807) is 43.3 Å². The Morgan fingerprint density at radius 3 is 2.27 bits per heavy atom. The average Bonchev–Trinajstić information content (AvgIpc) is 2.53. The highest BCUT2D eigenvalue weighted by Crippen LogP contribution is 2.15. The van der Waals surface area contributed by atoms with Crippen molar-refractivity contribution in [2.45, 2.75) is 13.5 Å². The number of carbonyl (C=O) groups is 1. The Balaban J connectivity index is 2.01. The molecule has 0 aliphatic heterocycles. The zero-order valence-electron chi connectivity index (χ0n) is 11.8. The van der Waals surface area contributed by atoms with E-state index in [2.05, 4.69) is 15.3 Å². The molecule has 0 saturated carbocycles. The van der Waals surface area contributed by atoms with Gasteiger partial charge in [-0.25, -0.2) is 5.43 Å². The van der Waals surface area contributed by atoms with Crippen molar-refractivity contribution in [1.29, 1.82) is 0 Å². The fourth-order valence-corrected chi connectivity index (χ4v) is 1.73. The summed E-state index contributed by atoms with van der Waals surface area (Å²) in [7, 11) is 0. The molecular formula is C16H14F2N2O2. The van der Waals surface area contributed by atoms with E-state index in [0.29, 0.717) is 16.8 Å². The van der Waals surface area contributed by atoms with E-state index in [0.717, 1.165) is 0 Å². The van der Waals surface area contributed by atoms with Crippen LogP contribution in [-0.2, 0) is 0 Å². The second-order valence-electron chi connectivity index (χ2n) is 4.41. The monoisotopic (exact) mass is 304 g/mol. The lowest BCUT2D eigenvalue weighted by atomic mass is 10.1. The molecule has 4 nitrogen and oxygen atoms in total. The van der Waals surface area contributed by atoms with Crippen LogP contribution in [0.4, 0.5) is 8.78 Å². The van der Waals surface area contributed by atoms with E-state index < -0.39 is 6.61 Å². The number of benzene rings is 2. The van der Waals surface area contributed by atoms with Crippen LogP contribution in [0.25, 0.3) is 0 Å². The number of rotatable bonds is 5. The Kier molecular flexibility index (Phi) is 5.19. The molecule has 0 aliphatic rings. The van der Waals surface area contributed by atoms with E-state index in [4.69, 9.17) is 0 Å². The molecule has 0 heterocycles. The molecule has 0 spiro atoms. The minimum Gasteiger partial charge on any atom is -0.435 e. The molecular weight excluding hydrogens is 290 g/mol. The predicted molar refractivity (Wildman–Crippen MR) is 79.2 cm³/mol. The summed E-state index contributed by atoms with van der Waals surface area (Å²) in [4.78, 5) is 11.8. The van der Waals surface area contributed by atoms with E-state index in [1.165, 1.54) is 12.1 Å². The molecule has 0 bridgehead atoms. The first-order valence-corrected chi connectivity index (χ1v) is 6.51. The number of alkyl halides is 2. The van der Waals surface area contributed by atoms with Gasteiger partial charge in [0.25, 0.3) is 5.91 Å². The number of amides is 1. The maximum Gasteiger partial charge on any atom is 0.387 e. The minimum absolute atomic E-state index is 0.0693. The van der Waals surface area contributed by atoms with Gasteiger partial charge in [-0.2, -0.15) is 13.9 Å². The molecule has 2 aromatic rings. The van der Waals surface area contributed by atoms with Crippen molar-refractivity contribution >= 4 is 11.6 Å². The number of hydrogen-bond donors (Lipinski definition) is 1. The quantitative estimate of drug-likeness (QED) is 0.679. The third-order valence-electron chi connectivity index (χ3n) is 2.86. The summed E-state index contributed by atoms with van der Waals surface area (Å²) in [6.07, 6.45) is 0.